The molecule has 0 bridgehead atoms. The molecule has 0 spiro atoms. The van der Waals surface area contributed by atoms with Crippen LogP contribution < -0.4 is 39.6 Å². The monoisotopic (exact) mass is 253 g/mol. The van der Waals surface area contributed by atoms with Gasteiger partial charge in [0.25, 0.3) is 5.91 Å². The van der Waals surface area contributed by atoms with Gasteiger partial charge in [-0.05, 0) is 26.0 Å². The first-order valence-electron chi connectivity index (χ1n) is 5.26. The van der Waals surface area contributed by atoms with Crippen molar-refractivity contribution >= 4 is 17.4 Å². The first-order chi connectivity index (χ1) is 8.00. The van der Waals surface area contributed by atoms with Crippen molar-refractivity contribution in [3.8, 4) is 0 Å². The molecule has 0 unspecified atom stereocenters. The number of para-hydroxylation sites is 1. The maximum Gasteiger partial charge on any atom is 1.00 e. The largest absolute Gasteiger partial charge is 1.00 e. The Morgan fingerprint density at radius 1 is 1.17 bits per heavy atom. The van der Waals surface area contributed by atoms with Crippen molar-refractivity contribution in [3.05, 3.63) is 42.2 Å². The van der Waals surface area contributed by atoms with E-state index in [1.54, 1.807) is 38.1 Å². The molecular formula is C13H12NNaO3. The van der Waals surface area contributed by atoms with Gasteiger partial charge in [0.1, 0.15) is 5.54 Å². The Morgan fingerprint density at radius 3 is 2.17 bits per heavy atom. The topological polar surface area (TPSA) is 60.4 Å². The van der Waals surface area contributed by atoms with Crippen LogP contribution in [0, 0.1) is 0 Å². The molecule has 0 aliphatic carbocycles. The van der Waals surface area contributed by atoms with Crippen LogP contribution in [0.1, 0.15) is 13.8 Å². The molecule has 0 N–H and O–H groups in total. The van der Waals surface area contributed by atoms with Crippen molar-refractivity contribution in [3.63, 3.8) is 0 Å². The Labute approximate surface area is 128 Å². The molecule has 0 atom stereocenters. The van der Waals surface area contributed by atoms with Gasteiger partial charge in [-0.3, -0.25) is 14.5 Å². The second-order valence-corrected chi connectivity index (χ2v) is 4.40. The normalized spacial score (nSPS) is 20.1. The standard InChI is InChI=1S/C13H13NO3.Na/c1-13(2)11(16)10(8-15)12(17)14(13)9-6-4-3-5-7-9;/h3-8,15H,1-2H3;/q;+1/p-1/b10-8+;. The third kappa shape index (κ3) is 2.11. The van der Waals surface area contributed by atoms with Crippen LogP contribution in [0.3, 0.4) is 0 Å². The van der Waals surface area contributed by atoms with Gasteiger partial charge in [-0.1, -0.05) is 18.2 Å². The molecule has 0 radical (unpaired) electrons. The molecule has 4 nitrogen and oxygen atoms in total. The fourth-order valence-corrected chi connectivity index (χ4v) is 2.02. The van der Waals surface area contributed by atoms with Crippen LogP contribution in [0.25, 0.3) is 0 Å². The van der Waals surface area contributed by atoms with Crippen LogP contribution in [0.5, 0.6) is 0 Å². The average Bonchev–Trinajstić information content (AvgIpc) is 2.47. The molecule has 5 heteroatoms. The van der Waals surface area contributed by atoms with E-state index in [1.807, 2.05) is 6.07 Å². The molecule has 1 saturated heterocycles. The van der Waals surface area contributed by atoms with Gasteiger partial charge in [0.05, 0.1) is 5.57 Å². The summed E-state index contributed by atoms with van der Waals surface area (Å²) in [4.78, 5) is 25.3. The summed E-state index contributed by atoms with van der Waals surface area (Å²) >= 11 is 0. The summed E-state index contributed by atoms with van der Waals surface area (Å²) in [6.07, 6.45) is 0.343. The zero-order valence-electron chi connectivity index (χ0n) is 10.6. The van der Waals surface area contributed by atoms with Gasteiger partial charge in [-0.2, -0.15) is 0 Å². The zero-order chi connectivity index (χ0) is 12.6. The molecule has 1 heterocycles. The molecule has 18 heavy (non-hydrogen) atoms. The molecule has 1 aromatic rings. The molecule has 1 fully saturated rings. The van der Waals surface area contributed by atoms with Crippen molar-refractivity contribution in [2.75, 3.05) is 4.90 Å². The minimum Gasteiger partial charge on any atom is -0.877 e. The number of benzene rings is 1. The van der Waals surface area contributed by atoms with Crippen LogP contribution in [0.4, 0.5) is 5.69 Å². The van der Waals surface area contributed by atoms with Gasteiger partial charge >= 0.3 is 29.6 Å². The van der Waals surface area contributed by atoms with Gasteiger partial charge in [-0.25, -0.2) is 0 Å². The molecule has 2 rings (SSSR count). The number of carbonyl (C=O) groups excluding carboxylic acids is 2. The second kappa shape index (κ2) is 5.26. The number of hydrogen-bond acceptors (Lipinski definition) is 3. The van der Waals surface area contributed by atoms with Gasteiger partial charge in [0, 0.05) is 5.69 Å². The fourth-order valence-electron chi connectivity index (χ4n) is 2.02. The van der Waals surface area contributed by atoms with Crippen LogP contribution >= 0.6 is 0 Å². The first kappa shape index (κ1) is 15.0. The zero-order valence-corrected chi connectivity index (χ0v) is 12.6. The number of ketones is 1. The average molecular weight is 253 g/mol. The number of Topliss-reactive ketones (excluding diaryl/α,β-unsaturated/α-hetero) is 1. The third-order valence-corrected chi connectivity index (χ3v) is 2.93. The number of carbonyl (C=O) groups is 2. The molecule has 1 aromatic carbocycles. The number of anilines is 1. The number of nitrogens with zero attached hydrogens (tertiary/aromatic N) is 1. The van der Waals surface area contributed by atoms with E-state index in [0.717, 1.165) is 0 Å². The smallest absolute Gasteiger partial charge is 0.877 e. The maximum atomic E-state index is 12.0. The number of hydrogen-bond donors (Lipinski definition) is 0. The van der Waals surface area contributed by atoms with Crippen LogP contribution in [-0.4, -0.2) is 17.2 Å². The van der Waals surface area contributed by atoms with Gasteiger partial charge < -0.3 is 5.11 Å². The van der Waals surface area contributed by atoms with E-state index in [4.69, 9.17) is 0 Å². The number of amides is 1. The molecule has 1 aliphatic rings. The van der Waals surface area contributed by atoms with E-state index < -0.39 is 17.2 Å². The summed E-state index contributed by atoms with van der Waals surface area (Å²) in [6, 6.07) is 8.86. The van der Waals surface area contributed by atoms with E-state index in [2.05, 4.69) is 0 Å². The van der Waals surface area contributed by atoms with Crippen molar-refractivity contribution in [2.24, 2.45) is 0 Å². The molecular weight excluding hydrogens is 241 g/mol. The van der Waals surface area contributed by atoms with Gasteiger partial charge in [0.15, 0.2) is 5.78 Å². The Morgan fingerprint density at radius 2 is 1.72 bits per heavy atom. The van der Waals surface area contributed by atoms with Crippen molar-refractivity contribution in [1.29, 1.82) is 0 Å². The summed E-state index contributed by atoms with van der Waals surface area (Å²) < 4.78 is 0. The predicted molar refractivity (Wildman–Crippen MR) is 61.1 cm³/mol. The van der Waals surface area contributed by atoms with Crippen molar-refractivity contribution < 1.29 is 44.3 Å². The predicted octanol–water partition coefficient (Wildman–Crippen LogP) is -2.37. The molecule has 0 saturated carbocycles. The van der Waals surface area contributed by atoms with Crippen LogP contribution in [0.2, 0.25) is 0 Å². The second-order valence-electron chi connectivity index (χ2n) is 4.40. The summed E-state index contributed by atoms with van der Waals surface area (Å²) in [5.41, 5.74) is -0.666. The van der Waals surface area contributed by atoms with Crippen molar-refractivity contribution in [2.45, 2.75) is 19.4 Å². The first-order valence-corrected chi connectivity index (χ1v) is 5.26. The Kier molecular flexibility index (Phi) is 4.37. The molecule has 1 amide bonds. The summed E-state index contributed by atoms with van der Waals surface area (Å²) in [7, 11) is 0. The summed E-state index contributed by atoms with van der Waals surface area (Å²) in [5, 5.41) is 10.8. The Hall–Kier alpha value is -1.10. The minimum atomic E-state index is -1.01. The van der Waals surface area contributed by atoms with Crippen LogP contribution in [-0.2, 0) is 9.59 Å². The third-order valence-electron chi connectivity index (χ3n) is 2.93. The fraction of sp³-hybridized carbons (Fsp3) is 0.231. The quantitative estimate of drug-likeness (QED) is 0.243. The SMILES string of the molecule is CC1(C)C(=O)/C(=C\[O-])C(=O)N1c1ccccc1.[Na+]. The van der Waals surface area contributed by atoms with E-state index >= 15 is 0 Å². The summed E-state index contributed by atoms with van der Waals surface area (Å²) in [5.74, 6) is -0.956. The number of rotatable bonds is 1. The Balaban J connectivity index is 0.00000162. The summed E-state index contributed by atoms with van der Waals surface area (Å²) in [6.45, 7) is 3.27. The Bertz CT molecular complexity index is 508. The van der Waals surface area contributed by atoms with Gasteiger partial charge in [-0.15, -0.1) is 6.26 Å². The van der Waals surface area contributed by atoms with E-state index in [0.29, 0.717) is 11.9 Å². The maximum absolute atomic E-state index is 12.0. The van der Waals surface area contributed by atoms with E-state index in [1.165, 1.54) is 4.90 Å². The molecule has 0 aromatic heterocycles. The van der Waals surface area contributed by atoms with Crippen LogP contribution in [0.15, 0.2) is 42.2 Å². The molecule has 1 aliphatic heterocycles. The van der Waals surface area contributed by atoms with E-state index in [9.17, 15) is 14.7 Å². The van der Waals surface area contributed by atoms with Gasteiger partial charge in [0.2, 0.25) is 0 Å². The minimum absolute atomic E-state index is 0. The molecule has 88 valence electrons. The van der Waals surface area contributed by atoms with Crippen molar-refractivity contribution in [1.82, 2.24) is 0 Å². The van der Waals surface area contributed by atoms with E-state index in [-0.39, 0.29) is 35.1 Å².